The van der Waals surface area contributed by atoms with Crippen molar-refractivity contribution in [2.45, 2.75) is 27.7 Å². The van der Waals surface area contributed by atoms with Crippen LogP contribution in [0.3, 0.4) is 0 Å². The van der Waals surface area contributed by atoms with E-state index in [0.29, 0.717) is 0 Å². The topological polar surface area (TPSA) is 34.1 Å². The molecular formula is C18H24O2. The first-order valence-electron chi connectivity index (χ1n) is 6.69. The van der Waals surface area contributed by atoms with Crippen molar-refractivity contribution in [2.24, 2.45) is 0 Å². The largest absolute Gasteiger partial charge is 0.289 e. The van der Waals surface area contributed by atoms with Gasteiger partial charge in [-0.3, -0.25) is 9.59 Å². The van der Waals surface area contributed by atoms with Crippen molar-refractivity contribution in [1.82, 2.24) is 0 Å². The molecule has 0 N–H and O–H groups in total. The van der Waals surface area contributed by atoms with Crippen LogP contribution in [0, 0.1) is 0 Å². The Bertz CT molecular complexity index is 486. The third-order valence-corrected chi connectivity index (χ3v) is 2.32. The van der Waals surface area contributed by atoms with Crippen molar-refractivity contribution in [3.8, 4) is 0 Å². The standard InChI is InChI=1S/C14H12O2.2C2H6/c1-5-8-12-9(4)13(15)10(6-2)11(7-3)14(12)16;2*1-2/h5-8H,1-4H2;2*1-2H3/b12-8+;;. The molecule has 0 aromatic carbocycles. The van der Waals surface area contributed by atoms with Crippen molar-refractivity contribution < 1.29 is 9.59 Å². The minimum Gasteiger partial charge on any atom is -0.289 e. The number of allylic oxidation sites excluding steroid dienone is 8. The first kappa shape index (κ1) is 20.1. The summed E-state index contributed by atoms with van der Waals surface area (Å²) in [5.74, 6) is -0.563. The van der Waals surface area contributed by atoms with Gasteiger partial charge < -0.3 is 0 Å². The maximum atomic E-state index is 12.0. The van der Waals surface area contributed by atoms with Gasteiger partial charge in [-0.15, -0.1) is 0 Å². The first-order chi connectivity index (χ1) is 9.58. The summed E-state index contributed by atoms with van der Waals surface area (Å²) < 4.78 is 0. The molecule has 0 aliphatic heterocycles. The van der Waals surface area contributed by atoms with Crippen molar-refractivity contribution in [2.75, 3.05) is 0 Å². The van der Waals surface area contributed by atoms with Gasteiger partial charge in [0.15, 0.2) is 11.6 Å². The van der Waals surface area contributed by atoms with E-state index in [9.17, 15) is 9.59 Å². The number of hydrogen-bond donors (Lipinski definition) is 0. The summed E-state index contributed by atoms with van der Waals surface area (Å²) in [7, 11) is 0. The van der Waals surface area contributed by atoms with E-state index >= 15 is 0 Å². The highest BCUT2D eigenvalue weighted by atomic mass is 16.1. The van der Waals surface area contributed by atoms with Crippen LogP contribution < -0.4 is 0 Å². The average Bonchev–Trinajstić information content (AvgIpc) is 2.51. The monoisotopic (exact) mass is 272 g/mol. The second kappa shape index (κ2) is 10.7. The van der Waals surface area contributed by atoms with Gasteiger partial charge in [0.1, 0.15) is 0 Å². The molecule has 0 spiro atoms. The number of Topliss-reactive ketones (excluding diaryl/α,β-unsaturated/α-hetero) is 2. The SMILES string of the molecule is C=C/C=C1\C(=C)C(=O)C(C=C)=C(C=C)C1=O.CC.CC. The Morgan fingerprint density at radius 3 is 1.55 bits per heavy atom. The van der Waals surface area contributed by atoms with Gasteiger partial charge in [0.05, 0.1) is 0 Å². The van der Waals surface area contributed by atoms with Gasteiger partial charge in [-0.05, 0) is 0 Å². The summed E-state index contributed by atoms with van der Waals surface area (Å²) >= 11 is 0. The van der Waals surface area contributed by atoms with E-state index in [1.54, 1.807) is 0 Å². The molecule has 0 radical (unpaired) electrons. The molecular weight excluding hydrogens is 248 g/mol. The van der Waals surface area contributed by atoms with Crippen molar-refractivity contribution >= 4 is 11.6 Å². The van der Waals surface area contributed by atoms with E-state index in [0.717, 1.165) is 0 Å². The van der Waals surface area contributed by atoms with E-state index in [1.807, 2.05) is 27.7 Å². The summed E-state index contributed by atoms with van der Waals surface area (Å²) in [6, 6.07) is 0. The molecule has 1 aliphatic rings. The van der Waals surface area contributed by atoms with E-state index < -0.39 is 0 Å². The second-order valence-electron chi connectivity index (χ2n) is 3.19. The van der Waals surface area contributed by atoms with Crippen LogP contribution in [-0.4, -0.2) is 11.6 Å². The highest BCUT2D eigenvalue weighted by molar-refractivity contribution is 6.31. The summed E-state index contributed by atoms with van der Waals surface area (Å²) in [6.07, 6.45) is 5.64. The molecule has 1 rings (SSSR count). The molecule has 2 heteroatoms. The summed E-state index contributed by atoms with van der Waals surface area (Å²) in [5.41, 5.74) is 0.956. The lowest BCUT2D eigenvalue weighted by Gasteiger charge is -2.18. The normalized spacial score (nSPS) is 15.8. The lowest BCUT2D eigenvalue weighted by Crippen LogP contribution is -2.22. The smallest absolute Gasteiger partial charge is 0.194 e. The number of carbonyl (C=O) groups excluding carboxylic acids is 2. The fourth-order valence-electron chi connectivity index (χ4n) is 1.51. The van der Waals surface area contributed by atoms with Crippen LogP contribution in [0.2, 0.25) is 0 Å². The van der Waals surface area contributed by atoms with E-state index in [4.69, 9.17) is 0 Å². The molecule has 1 aliphatic carbocycles. The molecule has 0 aromatic heterocycles. The van der Waals surface area contributed by atoms with Gasteiger partial charge in [0.25, 0.3) is 0 Å². The molecule has 0 fully saturated rings. The maximum Gasteiger partial charge on any atom is 0.194 e. The zero-order valence-electron chi connectivity index (χ0n) is 13.0. The summed E-state index contributed by atoms with van der Waals surface area (Å²) in [6.45, 7) is 22.1. The number of carbonyl (C=O) groups is 2. The first-order valence-corrected chi connectivity index (χ1v) is 6.69. The Labute approximate surface area is 122 Å². The van der Waals surface area contributed by atoms with Crippen molar-refractivity contribution in [3.63, 3.8) is 0 Å². The van der Waals surface area contributed by atoms with Gasteiger partial charge in [0, 0.05) is 22.3 Å². The maximum absolute atomic E-state index is 12.0. The Morgan fingerprint density at radius 2 is 1.20 bits per heavy atom. The second-order valence-corrected chi connectivity index (χ2v) is 3.19. The predicted octanol–water partition coefficient (Wildman–Crippen LogP) is 4.53. The minimum atomic E-state index is -0.294. The summed E-state index contributed by atoms with van der Waals surface area (Å²) in [4.78, 5) is 23.8. The Balaban J connectivity index is 0. The van der Waals surface area contributed by atoms with Crippen LogP contribution in [-0.2, 0) is 9.59 Å². The van der Waals surface area contributed by atoms with Gasteiger partial charge in [-0.2, -0.15) is 0 Å². The van der Waals surface area contributed by atoms with Crippen LogP contribution in [0.1, 0.15) is 27.7 Å². The zero-order valence-corrected chi connectivity index (χ0v) is 13.0. The van der Waals surface area contributed by atoms with Gasteiger partial charge in [0.2, 0.25) is 0 Å². The molecule has 0 amide bonds. The number of hydrogen-bond acceptors (Lipinski definition) is 2. The third kappa shape index (κ3) is 4.16. The molecule has 0 bridgehead atoms. The molecule has 0 heterocycles. The molecule has 20 heavy (non-hydrogen) atoms. The molecule has 0 unspecified atom stereocenters. The van der Waals surface area contributed by atoms with Crippen molar-refractivity contribution in [3.05, 3.63) is 72.9 Å². The fraction of sp³-hybridized carbons (Fsp3) is 0.222. The van der Waals surface area contributed by atoms with E-state index in [2.05, 4.69) is 26.3 Å². The lowest BCUT2D eigenvalue weighted by atomic mass is 9.82. The molecule has 0 saturated heterocycles. The fourth-order valence-corrected chi connectivity index (χ4v) is 1.51. The molecule has 0 atom stereocenters. The zero-order chi connectivity index (χ0) is 16.3. The van der Waals surface area contributed by atoms with Gasteiger partial charge in [-0.1, -0.05) is 78.3 Å². The molecule has 0 saturated carbocycles. The predicted molar refractivity (Wildman–Crippen MR) is 87.6 cm³/mol. The molecule has 2 nitrogen and oxygen atoms in total. The van der Waals surface area contributed by atoms with Crippen LogP contribution in [0.25, 0.3) is 0 Å². The van der Waals surface area contributed by atoms with E-state index in [-0.39, 0.29) is 33.9 Å². The third-order valence-electron chi connectivity index (χ3n) is 2.32. The van der Waals surface area contributed by atoms with Crippen LogP contribution in [0.5, 0.6) is 0 Å². The average molecular weight is 272 g/mol. The Hall–Kier alpha value is -2.22. The summed E-state index contributed by atoms with van der Waals surface area (Å²) in [5, 5.41) is 0. The minimum absolute atomic E-state index is 0.172. The Morgan fingerprint density at radius 1 is 0.800 bits per heavy atom. The molecule has 108 valence electrons. The highest BCUT2D eigenvalue weighted by Gasteiger charge is 2.30. The lowest BCUT2D eigenvalue weighted by molar-refractivity contribution is -0.116. The van der Waals surface area contributed by atoms with E-state index in [1.165, 1.54) is 24.3 Å². The molecule has 0 aromatic rings. The van der Waals surface area contributed by atoms with Crippen molar-refractivity contribution in [1.29, 1.82) is 0 Å². The van der Waals surface area contributed by atoms with Gasteiger partial charge >= 0.3 is 0 Å². The van der Waals surface area contributed by atoms with Crippen LogP contribution in [0.15, 0.2) is 72.9 Å². The quantitative estimate of drug-likeness (QED) is 0.707. The Kier molecular flexibility index (Phi) is 10.7. The van der Waals surface area contributed by atoms with Crippen LogP contribution >= 0.6 is 0 Å². The number of ketones is 2. The van der Waals surface area contributed by atoms with Crippen LogP contribution in [0.4, 0.5) is 0 Å². The highest BCUT2D eigenvalue weighted by Crippen LogP contribution is 2.28. The number of rotatable bonds is 3. The van der Waals surface area contributed by atoms with Gasteiger partial charge in [-0.25, -0.2) is 0 Å².